The van der Waals surface area contributed by atoms with Crippen LogP contribution in [0.2, 0.25) is 0 Å². The Balaban J connectivity index is 2.15. The van der Waals surface area contributed by atoms with E-state index in [9.17, 15) is 0 Å². The quantitative estimate of drug-likeness (QED) is 0.574. The van der Waals surface area contributed by atoms with Crippen molar-refractivity contribution in [2.75, 3.05) is 12.3 Å². The minimum Gasteiger partial charge on any atom is -0.399 e. The number of hydrogen-bond donors (Lipinski definition) is 1. The maximum Gasteiger partial charge on any atom is 0.0717 e. The van der Waals surface area contributed by atoms with Gasteiger partial charge in [0.05, 0.1) is 6.61 Å². The molecule has 0 saturated carbocycles. The third-order valence-electron chi connectivity index (χ3n) is 2.29. The summed E-state index contributed by atoms with van der Waals surface area (Å²) in [6, 6.07) is 7.85. The van der Waals surface area contributed by atoms with E-state index >= 15 is 0 Å². The van der Waals surface area contributed by atoms with Crippen LogP contribution in [-0.4, -0.2) is 6.61 Å². The molecular weight excluding hydrogens is 186 g/mol. The van der Waals surface area contributed by atoms with Crippen molar-refractivity contribution in [2.45, 2.75) is 33.3 Å². The van der Waals surface area contributed by atoms with Crippen molar-refractivity contribution in [1.29, 1.82) is 0 Å². The van der Waals surface area contributed by atoms with E-state index in [4.69, 9.17) is 10.5 Å². The SMILES string of the molecule is CC(C)CCCOCc1cccc(N)c1. The van der Waals surface area contributed by atoms with Gasteiger partial charge in [0.1, 0.15) is 0 Å². The Bertz CT molecular complexity index is 284. The Kier molecular flexibility index (Phi) is 5.19. The molecule has 1 aromatic carbocycles. The molecule has 0 aliphatic rings. The first kappa shape index (κ1) is 12.1. The lowest BCUT2D eigenvalue weighted by atomic mass is 10.1. The van der Waals surface area contributed by atoms with Crippen molar-refractivity contribution in [3.63, 3.8) is 0 Å². The van der Waals surface area contributed by atoms with Gasteiger partial charge in [0.25, 0.3) is 0 Å². The lowest BCUT2D eigenvalue weighted by Gasteiger charge is -2.06. The van der Waals surface area contributed by atoms with Gasteiger partial charge in [0.15, 0.2) is 0 Å². The molecule has 2 N–H and O–H groups in total. The Labute approximate surface area is 92.4 Å². The molecule has 15 heavy (non-hydrogen) atoms. The van der Waals surface area contributed by atoms with Gasteiger partial charge in [-0.2, -0.15) is 0 Å². The summed E-state index contributed by atoms with van der Waals surface area (Å²) in [6.45, 7) is 5.98. The summed E-state index contributed by atoms with van der Waals surface area (Å²) in [5.41, 5.74) is 7.63. The molecule has 2 nitrogen and oxygen atoms in total. The number of nitrogens with two attached hydrogens (primary N) is 1. The Morgan fingerprint density at radius 1 is 1.33 bits per heavy atom. The average molecular weight is 207 g/mol. The Morgan fingerprint density at radius 2 is 2.13 bits per heavy atom. The number of nitrogen functional groups attached to an aromatic ring is 1. The first-order valence-electron chi connectivity index (χ1n) is 5.60. The zero-order chi connectivity index (χ0) is 11.1. The van der Waals surface area contributed by atoms with Crippen molar-refractivity contribution in [3.05, 3.63) is 29.8 Å². The van der Waals surface area contributed by atoms with Gasteiger partial charge in [0.2, 0.25) is 0 Å². The summed E-state index contributed by atoms with van der Waals surface area (Å²) < 4.78 is 5.57. The van der Waals surface area contributed by atoms with Crippen molar-refractivity contribution < 1.29 is 4.74 Å². The zero-order valence-electron chi connectivity index (χ0n) is 9.70. The van der Waals surface area contributed by atoms with Gasteiger partial charge in [0, 0.05) is 12.3 Å². The van der Waals surface area contributed by atoms with Crippen LogP contribution in [0, 0.1) is 5.92 Å². The second kappa shape index (κ2) is 6.46. The minimum absolute atomic E-state index is 0.670. The van der Waals surface area contributed by atoms with Crippen LogP contribution in [0.15, 0.2) is 24.3 Å². The molecule has 2 heteroatoms. The van der Waals surface area contributed by atoms with Crippen LogP contribution >= 0.6 is 0 Å². The van der Waals surface area contributed by atoms with Gasteiger partial charge in [-0.3, -0.25) is 0 Å². The number of rotatable bonds is 6. The molecule has 0 amide bonds. The van der Waals surface area contributed by atoms with Crippen LogP contribution in [0.1, 0.15) is 32.3 Å². The molecule has 0 spiro atoms. The molecule has 0 saturated heterocycles. The summed E-state index contributed by atoms with van der Waals surface area (Å²) in [5.74, 6) is 0.765. The number of hydrogen-bond acceptors (Lipinski definition) is 2. The summed E-state index contributed by atoms with van der Waals surface area (Å²) in [4.78, 5) is 0. The van der Waals surface area contributed by atoms with Crippen LogP contribution in [0.5, 0.6) is 0 Å². The van der Waals surface area contributed by atoms with Gasteiger partial charge >= 0.3 is 0 Å². The molecular formula is C13H21NO. The highest BCUT2D eigenvalue weighted by atomic mass is 16.5. The van der Waals surface area contributed by atoms with E-state index in [1.807, 2.05) is 24.3 Å². The highest BCUT2D eigenvalue weighted by Gasteiger charge is 1.96. The Morgan fingerprint density at radius 3 is 2.80 bits per heavy atom. The first-order valence-corrected chi connectivity index (χ1v) is 5.60. The average Bonchev–Trinajstić information content (AvgIpc) is 2.17. The highest BCUT2D eigenvalue weighted by molar-refractivity contribution is 5.40. The van der Waals surface area contributed by atoms with Crippen LogP contribution in [0.3, 0.4) is 0 Å². The maximum absolute atomic E-state index is 5.67. The van der Waals surface area contributed by atoms with Crippen molar-refractivity contribution in [2.24, 2.45) is 5.92 Å². The molecule has 0 bridgehead atoms. The van der Waals surface area contributed by atoms with Gasteiger partial charge in [-0.15, -0.1) is 0 Å². The van der Waals surface area contributed by atoms with E-state index in [2.05, 4.69) is 13.8 Å². The van der Waals surface area contributed by atoms with E-state index in [1.54, 1.807) is 0 Å². The molecule has 0 atom stereocenters. The predicted octanol–water partition coefficient (Wildman–Crippen LogP) is 3.22. The van der Waals surface area contributed by atoms with Crippen molar-refractivity contribution >= 4 is 5.69 Å². The molecule has 0 aliphatic carbocycles. The van der Waals surface area contributed by atoms with E-state index in [0.717, 1.165) is 30.2 Å². The number of anilines is 1. The largest absolute Gasteiger partial charge is 0.399 e. The molecule has 0 radical (unpaired) electrons. The second-order valence-electron chi connectivity index (χ2n) is 4.33. The van der Waals surface area contributed by atoms with Gasteiger partial charge in [-0.05, 0) is 36.5 Å². The smallest absolute Gasteiger partial charge is 0.0717 e. The molecule has 1 aromatic rings. The molecule has 0 aliphatic heterocycles. The molecule has 1 rings (SSSR count). The fourth-order valence-corrected chi connectivity index (χ4v) is 1.47. The van der Waals surface area contributed by atoms with Gasteiger partial charge in [-0.1, -0.05) is 26.0 Å². The lowest BCUT2D eigenvalue weighted by Crippen LogP contribution is -1.98. The highest BCUT2D eigenvalue weighted by Crippen LogP contribution is 2.09. The molecule has 0 aromatic heterocycles. The summed E-state index contributed by atoms with van der Waals surface area (Å²) in [7, 11) is 0. The summed E-state index contributed by atoms with van der Waals surface area (Å²) in [6.07, 6.45) is 2.37. The van der Waals surface area contributed by atoms with E-state index < -0.39 is 0 Å². The third kappa shape index (κ3) is 5.43. The first-order chi connectivity index (χ1) is 7.18. The second-order valence-corrected chi connectivity index (χ2v) is 4.33. The fourth-order valence-electron chi connectivity index (χ4n) is 1.47. The third-order valence-corrected chi connectivity index (χ3v) is 2.29. The zero-order valence-corrected chi connectivity index (χ0v) is 9.70. The fraction of sp³-hybridized carbons (Fsp3) is 0.538. The van der Waals surface area contributed by atoms with Crippen LogP contribution in [-0.2, 0) is 11.3 Å². The van der Waals surface area contributed by atoms with Crippen LogP contribution in [0.4, 0.5) is 5.69 Å². The molecule has 0 unspecified atom stereocenters. The Hall–Kier alpha value is -1.02. The van der Waals surface area contributed by atoms with Gasteiger partial charge < -0.3 is 10.5 Å². The normalized spacial score (nSPS) is 10.9. The minimum atomic E-state index is 0.670. The standard InChI is InChI=1S/C13H21NO/c1-11(2)5-4-8-15-10-12-6-3-7-13(14)9-12/h3,6-7,9,11H,4-5,8,10,14H2,1-2H3. The molecule has 0 fully saturated rings. The van der Waals surface area contributed by atoms with Crippen LogP contribution < -0.4 is 5.73 Å². The number of benzene rings is 1. The number of ether oxygens (including phenoxy) is 1. The van der Waals surface area contributed by atoms with E-state index in [-0.39, 0.29) is 0 Å². The lowest BCUT2D eigenvalue weighted by molar-refractivity contribution is 0.115. The summed E-state index contributed by atoms with van der Waals surface area (Å²) >= 11 is 0. The van der Waals surface area contributed by atoms with Crippen molar-refractivity contribution in [3.8, 4) is 0 Å². The topological polar surface area (TPSA) is 35.2 Å². The van der Waals surface area contributed by atoms with E-state index in [0.29, 0.717) is 6.61 Å². The molecule has 0 heterocycles. The van der Waals surface area contributed by atoms with Crippen LogP contribution in [0.25, 0.3) is 0 Å². The maximum atomic E-state index is 5.67. The summed E-state index contributed by atoms with van der Waals surface area (Å²) in [5, 5.41) is 0. The molecule has 84 valence electrons. The monoisotopic (exact) mass is 207 g/mol. The van der Waals surface area contributed by atoms with E-state index in [1.165, 1.54) is 6.42 Å². The van der Waals surface area contributed by atoms with Crippen molar-refractivity contribution in [1.82, 2.24) is 0 Å². The van der Waals surface area contributed by atoms with Gasteiger partial charge in [-0.25, -0.2) is 0 Å². The predicted molar refractivity (Wildman–Crippen MR) is 64.6 cm³/mol.